The maximum Gasteiger partial charge on any atom is 0.168 e. The van der Waals surface area contributed by atoms with Crippen LogP contribution in [0.25, 0.3) is 0 Å². The molecule has 15 heavy (non-hydrogen) atoms. The first-order valence-electron chi connectivity index (χ1n) is 5.53. The highest BCUT2D eigenvalue weighted by Gasteiger charge is 2.67. The Morgan fingerprint density at radius 1 is 1.20 bits per heavy atom. The summed E-state index contributed by atoms with van der Waals surface area (Å²) in [6, 6.07) is 0. The molecule has 84 valence electrons. The molecule has 2 fully saturated rings. The lowest BCUT2D eigenvalue weighted by Gasteiger charge is -2.42. The average molecular weight is 247 g/mol. The molecular weight excluding hydrogens is 232 g/mol. The van der Waals surface area contributed by atoms with E-state index in [2.05, 4.69) is 12.2 Å². The number of halogens is 1. The minimum Gasteiger partial charge on any atom is -0.227 e. The molecule has 0 spiro atoms. The van der Waals surface area contributed by atoms with Crippen molar-refractivity contribution in [2.45, 2.75) is 36.8 Å². The molecule has 1 heterocycles. The second-order valence-corrected chi connectivity index (χ2v) is 8.07. The normalized spacial score (nSPS) is 51.4. The lowest BCUT2D eigenvalue weighted by Crippen LogP contribution is -2.40. The fourth-order valence-electron chi connectivity index (χ4n) is 4.01. The highest BCUT2D eigenvalue weighted by molar-refractivity contribution is 7.93. The molecule has 0 aromatic heterocycles. The summed E-state index contributed by atoms with van der Waals surface area (Å²) in [5.74, 6) is 0.318. The summed E-state index contributed by atoms with van der Waals surface area (Å²) in [5.41, 5.74) is -0.158. The fourth-order valence-corrected chi connectivity index (χ4v) is 7.24. The van der Waals surface area contributed by atoms with Crippen LogP contribution in [-0.4, -0.2) is 18.9 Å². The van der Waals surface area contributed by atoms with E-state index in [-0.39, 0.29) is 10.8 Å². The summed E-state index contributed by atoms with van der Waals surface area (Å²) >= 11 is 6.24. The van der Waals surface area contributed by atoms with Gasteiger partial charge in [-0.25, -0.2) is 8.42 Å². The highest BCUT2D eigenvalue weighted by atomic mass is 35.5. The van der Waals surface area contributed by atoms with Crippen molar-refractivity contribution >= 4 is 21.4 Å². The standard InChI is InChI=1S/C11H15ClO2S/c12-9-11-6-2-1-4-10(11,5-3-7-11)8-15(9,13)14/h1-2,9H,3-8H2/t9-,10+,11-/m0/s1. The number of hydrogen-bond donors (Lipinski definition) is 0. The second-order valence-electron chi connectivity index (χ2n) is 5.29. The molecule has 0 amide bonds. The fraction of sp³-hybridized carbons (Fsp3) is 0.818. The lowest BCUT2D eigenvalue weighted by molar-refractivity contribution is 0.122. The molecule has 0 unspecified atom stereocenters. The Labute approximate surface area is 95.6 Å². The molecule has 0 aromatic rings. The monoisotopic (exact) mass is 246 g/mol. The first-order valence-corrected chi connectivity index (χ1v) is 7.68. The van der Waals surface area contributed by atoms with Gasteiger partial charge in [-0.05, 0) is 31.1 Å². The van der Waals surface area contributed by atoms with Crippen LogP contribution in [0.2, 0.25) is 0 Å². The number of rotatable bonds is 0. The maximum absolute atomic E-state index is 12.0. The van der Waals surface area contributed by atoms with Gasteiger partial charge in [-0.3, -0.25) is 0 Å². The van der Waals surface area contributed by atoms with Gasteiger partial charge in [0.15, 0.2) is 9.84 Å². The van der Waals surface area contributed by atoms with Crippen LogP contribution in [0.4, 0.5) is 0 Å². The van der Waals surface area contributed by atoms with Crippen molar-refractivity contribution in [2.75, 3.05) is 5.75 Å². The zero-order valence-electron chi connectivity index (χ0n) is 8.58. The van der Waals surface area contributed by atoms with Crippen LogP contribution >= 0.6 is 11.6 Å². The van der Waals surface area contributed by atoms with Crippen LogP contribution in [0.1, 0.15) is 32.1 Å². The molecule has 1 saturated heterocycles. The largest absolute Gasteiger partial charge is 0.227 e. The van der Waals surface area contributed by atoms with Crippen molar-refractivity contribution in [2.24, 2.45) is 10.8 Å². The average Bonchev–Trinajstić information content (AvgIpc) is 2.61. The SMILES string of the molecule is O=S1(=O)C[C@]23CC=CC[C@]2(CCC3)[C@H]1Cl. The van der Waals surface area contributed by atoms with E-state index in [1.54, 1.807) is 0 Å². The van der Waals surface area contributed by atoms with Gasteiger partial charge in [0.05, 0.1) is 5.75 Å². The molecule has 2 nitrogen and oxygen atoms in total. The first-order chi connectivity index (χ1) is 7.03. The third-order valence-electron chi connectivity index (χ3n) is 4.72. The van der Waals surface area contributed by atoms with E-state index in [9.17, 15) is 8.42 Å². The summed E-state index contributed by atoms with van der Waals surface area (Å²) in [6.07, 6.45) is 9.22. The van der Waals surface area contributed by atoms with Gasteiger partial charge in [0.25, 0.3) is 0 Å². The van der Waals surface area contributed by atoms with Crippen LogP contribution in [0.15, 0.2) is 12.2 Å². The van der Waals surface area contributed by atoms with Gasteiger partial charge >= 0.3 is 0 Å². The van der Waals surface area contributed by atoms with Crippen LogP contribution in [0.3, 0.4) is 0 Å². The molecule has 1 saturated carbocycles. The van der Waals surface area contributed by atoms with Crippen LogP contribution in [0.5, 0.6) is 0 Å². The Morgan fingerprint density at radius 3 is 2.67 bits per heavy atom. The molecule has 0 bridgehead atoms. The van der Waals surface area contributed by atoms with Crippen LogP contribution in [-0.2, 0) is 9.84 Å². The summed E-state index contributed by atoms with van der Waals surface area (Å²) in [6.45, 7) is 0. The van der Waals surface area contributed by atoms with E-state index in [1.165, 1.54) is 0 Å². The lowest BCUT2D eigenvalue weighted by atomic mass is 9.62. The van der Waals surface area contributed by atoms with Crippen LogP contribution < -0.4 is 0 Å². The molecule has 0 N–H and O–H groups in total. The van der Waals surface area contributed by atoms with Gasteiger partial charge in [0, 0.05) is 5.41 Å². The molecule has 2 aliphatic carbocycles. The van der Waals surface area contributed by atoms with E-state index < -0.39 is 14.5 Å². The van der Waals surface area contributed by atoms with Gasteiger partial charge in [-0.15, -0.1) is 11.6 Å². The summed E-state index contributed by atoms with van der Waals surface area (Å²) in [4.78, 5) is 0. The molecular formula is C11H15ClO2S. The van der Waals surface area contributed by atoms with E-state index in [1.807, 2.05) is 0 Å². The van der Waals surface area contributed by atoms with Crippen molar-refractivity contribution in [1.29, 1.82) is 0 Å². The van der Waals surface area contributed by atoms with Crippen molar-refractivity contribution in [1.82, 2.24) is 0 Å². The molecule has 3 atom stereocenters. The van der Waals surface area contributed by atoms with Gasteiger partial charge in [-0.1, -0.05) is 18.6 Å². The Morgan fingerprint density at radius 2 is 1.93 bits per heavy atom. The van der Waals surface area contributed by atoms with Crippen molar-refractivity contribution in [3.63, 3.8) is 0 Å². The molecule has 0 radical (unpaired) electrons. The minimum absolute atomic E-state index is 0.0208. The number of sulfone groups is 1. The van der Waals surface area contributed by atoms with Gasteiger partial charge in [-0.2, -0.15) is 0 Å². The van der Waals surface area contributed by atoms with Crippen molar-refractivity contribution < 1.29 is 8.42 Å². The zero-order chi connectivity index (χ0) is 10.7. The zero-order valence-corrected chi connectivity index (χ0v) is 10.1. The molecule has 3 rings (SSSR count). The summed E-state index contributed by atoms with van der Waals surface area (Å²) in [5, 5.41) is 0. The van der Waals surface area contributed by atoms with Crippen LogP contribution in [0, 0.1) is 10.8 Å². The third kappa shape index (κ3) is 1.04. The number of allylic oxidation sites excluding steroid dienone is 2. The maximum atomic E-state index is 12.0. The Bertz CT molecular complexity index is 428. The topological polar surface area (TPSA) is 34.1 Å². The van der Waals surface area contributed by atoms with Gasteiger partial charge in [0.2, 0.25) is 0 Å². The summed E-state index contributed by atoms with van der Waals surface area (Å²) in [7, 11) is -3.06. The Hall–Kier alpha value is -0.0200. The first kappa shape index (κ1) is 10.2. The predicted molar refractivity (Wildman–Crippen MR) is 60.5 cm³/mol. The van der Waals surface area contributed by atoms with E-state index >= 15 is 0 Å². The van der Waals surface area contributed by atoms with Gasteiger partial charge in [0.1, 0.15) is 4.71 Å². The second kappa shape index (κ2) is 2.80. The predicted octanol–water partition coefficient (Wildman–Crippen LogP) is 2.49. The number of hydrogen-bond acceptors (Lipinski definition) is 2. The molecule has 3 aliphatic rings. The Balaban J connectivity index is 2.19. The van der Waals surface area contributed by atoms with E-state index in [4.69, 9.17) is 11.6 Å². The van der Waals surface area contributed by atoms with Crippen molar-refractivity contribution in [3.05, 3.63) is 12.2 Å². The van der Waals surface area contributed by atoms with Gasteiger partial charge < -0.3 is 0 Å². The third-order valence-corrected chi connectivity index (χ3v) is 7.99. The Kier molecular flexibility index (Phi) is 1.90. The highest BCUT2D eigenvalue weighted by Crippen LogP contribution is 2.67. The van der Waals surface area contributed by atoms with E-state index in [0.717, 1.165) is 32.1 Å². The van der Waals surface area contributed by atoms with E-state index in [0.29, 0.717) is 5.75 Å². The smallest absolute Gasteiger partial charge is 0.168 e. The minimum atomic E-state index is -3.06. The molecule has 0 aromatic carbocycles. The molecule has 4 heteroatoms. The van der Waals surface area contributed by atoms with Crippen molar-refractivity contribution in [3.8, 4) is 0 Å². The molecule has 1 aliphatic heterocycles. The number of alkyl halides is 1. The quantitative estimate of drug-likeness (QED) is 0.486. The summed E-state index contributed by atoms with van der Waals surface area (Å²) < 4.78 is 23.3.